The number of nitrogens with two attached hydrogens (primary N) is 1. The summed E-state index contributed by atoms with van der Waals surface area (Å²) in [5, 5.41) is 0. The molecule has 3 nitrogen and oxygen atoms in total. The highest BCUT2D eigenvalue weighted by Crippen LogP contribution is 2.36. The summed E-state index contributed by atoms with van der Waals surface area (Å²) in [5.41, 5.74) is 9.97. The molecule has 3 heteroatoms. The zero-order valence-electron chi connectivity index (χ0n) is 12.6. The van der Waals surface area contributed by atoms with E-state index in [0.29, 0.717) is 11.8 Å². The second-order valence-electron chi connectivity index (χ2n) is 5.98. The monoisotopic (exact) mass is 287 g/mol. The molecule has 2 saturated heterocycles. The van der Waals surface area contributed by atoms with E-state index in [1.54, 1.807) is 6.20 Å². The summed E-state index contributed by atoms with van der Waals surface area (Å²) in [6, 6.07) is 6.76. The number of hydrogen-bond acceptors (Lipinski definition) is 3. The molecule has 0 spiro atoms. The van der Waals surface area contributed by atoms with Crippen LogP contribution >= 0.6 is 0 Å². The Morgan fingerprint density at radius 2 is 1.33 bits per heavy atom. The van der Waals surface area contributed by atoms with E-state index in [0.717, 1.165) is 52.1 Å². The van der Waals surface area contributed by atoms with Crippen molar-refractivity contribution in [2.24, 2.45) is 5.73 Å². The van der Waals surface area contributed by atoms with Crippen LogP contribution in [0.5, 0.6) is 0 Å². The smallest absolute Gasteiger partial charge is 0.0471 e. The molecule has 2 aliphatic heterocycles. The molecular weight excluding hydrogens is 262 g/mol. The lowest BCUT2D eigenvalue weighted by Gasteiger charge is -2.28. The van der Waals surface area contributed by atoms with Crippen LogP contribution in [-0.4, -0.2) is 26.4 Å². The van der Waals surface area contributed by atoms with E-state index in [2.05, 4.69) is 24.3 Å². The van der Waals surface area contributed by atoms with E-state index < -0.39 is 0 Å². The maximum absolute atomic E-state index is 5.73. The second-order valence-corrected chi connectivity index (χ2v) is 5.98. The third-order valence-electron chi connectivity index (χ3n) is 4.76. The maximum Gasteiger partial charge on any atom is 0.0471 e. The predicted octanol–water partition coefficient (Wildman–Crippen LogP) is 3.40. The minimum atomic E-state index is 0.602. The van der Waals surface area contributed by atoms with Crippen molar-refractivity contribution in [2.45, 2.75) is 37.5 Å². The van der Waals surface area contributed by atoms with Gasteiger partial charge in [0.2, 0.25) is 0 Å². The highest BCUT2D eigenvalue weighted by Gasteiger charge is 2.23. The van der Waals surface area contributed by atoms with E-state index in [-0.39, 0.29) is 0 Å². The average molecular weight is 287 g/mol. The van der Waals surface area contributed by atoms with Crippen LogP contribution in [-0.2, 0) is 9.47 Å². The molecule has 0 unspecified atom stereocenters. The first kappa shape index (κ1) is 14.6. The van der Waals surface area contributed by atoms with Crippen molar-refractivity contribution in [3.8, 4) is 0 Å². The van der Waals surface area contributed by atoms with E-state index in [4.69, 9.17) is 15.2 Å². The fraction of sp³-hybridized carbons (Fsp3) is 0.556. The van der Waals surface area contributed by atoms with Crippen LogP contribution in [0, 0.1) is 0 Å². The molecule has 0 bridgehead atoms. The molecule has 0 atom stereocenters. The Morgan fingerprint density at radius 3 is 1.76 bits per heavy atom. The molecule has 0 aliphatic carbocycles. The Kier molecular flexibility index (Phi) is 4.94. The Balaban J connectivity index is 1.95. The number of benzene rings is 1. The van der Waals surface area contributed by atoms with E-state index in [9.17, 15) is 0 Å². The first-order chi connectivity index (χ1) is 10.4. The van der Waals surface area contributed by atoms with E-state index >= 15 is 0 Å². The summed E-state index contributed by atoms with van der Waals surface area (Å²) in [6.07, 6.45) is 8.23. The van der Waals surface area contributed by atoms with Gasteiger partial charge in [0.15, 0.2) is 0 Å². The highest BCUT2D eigenvalue weighted by atomic mass is 16.5. The molecule has 1 aromatic rings. The largest absolute Gasteiger partial charge is 0.405 e. The van der Waals surface area contributed by atoms with Crippen molar-refractivity contribution in [1.29, 1.82) is 0 Å². The van der Waals surface area contributed by atoms with Crippen molar-refractivity contribution in [3.63, 3.8) is 0 Å². The lowest BCUT2D eigenvalue weighted by Crippen LogP contribution is -2.18. The van der Waals surface area contributed by atoms with Gasteiger partial charge < -0.3 is 15.2 Å². The highest BCUT2D eigenvalue weighted by molar-refractivity contribution is 5.60. The van der Waals surface area contributed by atoms with Gasteiger partial charge >= 0.3 is 0 Å². The van der Waals surface area contributed by atoms with Crippen LogP contribution in [0.4, 0.5) is 0 Å². The molecule has 114 valence electrons. The van der Waals surface area contributed by atoms with Gasteiger partial charge in [-0.25, -0.2) is 0 Å². The van der Waals surface area contributed by atoms with Crippen LogP contribution in [0.2, 0.25) is 0 Å². The summed E-state index contributed by atoms with van der Waals surface area (Å²) < 4.78 is 11.0. The van der Waals surface area contributed by atoms with Crippen LogP contribution in [0.3, 0.4) is 0 Å². The van der Waals surface area contributed by atoms with Crippen molar-refractivity contribution >= 4 is 6.08 Å². The third-order valence-corrected chi connectivity index (χ3v) is 4.76. The number of ether oxygens (including phenoxy) is 2. The second kappa shape index (κ2) is 7.10. The van der Waals surface area contributed by atoms with Gasteiger partial charge in [-0.15, -0.1) is 0 Å². The minimum absolute atomic E-state index is 0.602. The van der Waals surface area contributed by atoms with Gasteiger partial charge in [-0.2, -0.15) is 0 Å². The van der Waals surface area contributed by atoms with Gasteiger partial charge in [0.25, 0.3) is 0 Å². The topological polar surface area (TPSA) is 44.5 Å². The summed E-state index contributed by atoms with van der Waals surface area (Å²) in [4.78, 5) is 0. The number of hydrogen-bond donors (Lipinski definition) is 1. The minimum Gasteiger partial charge on any atom is -0.405 e. The quantitative estimate of drug-likeness (QED) is 0.926. The molecule has 21 heavy (non-hydrogen) atoms. The number of rotatable bonds is 3. The van der Waals surface area contributed by atoms with Gasteiger partial charge in [-0.1, -0.05) is 18.2 Å². The molecule has 2 aliphatic rings. The zero-order valence-corrected chi connectivity index (χ0v) is 12.6. The molecule has 2 N–H and O–H groups in total. The molecular formula is C18H25NO2. The Morgan fingerprint density at radius 1 is 0.857 bits per heavy atom. The van der Waals surface area contributed by atoms with Crippen molar-refractivity contribution in [1.82, 2.24) is 0 Å². The fourth-order valence-corrected chi connectivity index (χ4v) is 3.62. The summed E-state index contributed by atoms with van der Waals surface area (Å²) in [5.74, 6) is 1.20. The van der Waals surface area contributed by atoms with Gasteiger partial charge in [0.05, 0.1) is 0 Å². The molecule has 0 aromatic heterocycles. The average Bonchev–Trinajstić information content (AvgIpc) is 2.57. The van der Waals surface area contributed by atoms with Crippen LogP contribution in [0.25, 0.3) is 6.08 Å². The van der Waals surface area contributed by atoms with Crippen LogP contribution in [0.1, 0.15) is 54.2 Å². The molecule has 3 rings (SSSR count). The lowest BCUT2D eigenvalue weighted by molar-refractivity contribution is 0.0841. The van der Waals surface area contributed by atoms with Gasteiger partial charge in [0, 0.05) is 26.4 Å². The first-order valence-electron chi connectivity index (χ1n) is 8.06. The lowest BCUT2D eigenvalue weighted by atomic mass is 9.81. The molecule has 0 radical (unpaired) electrons. The SMILES string of the molecule is N/C=C/c1c(C2CCOCC2)cccc1C1CCOCC1. The fourth-order valence-electron chi connectivity index (χ4n) is 3.62. The molecule has 2 heterocycles. The predicted molar refractivity (Wildman–Crippen MR) is 85.3 cm³/mol. The first-order valence-corrected chi connectivity index (χ1v) is 8.06. The molecule has 0 saturated carbocycles. The zero-order chi connectivity index (χ0) is 14.5. The van der Waals surface area contributed by atoms with Gasteiger partial charge in [-0.05, 0) is 66.5 Å². The van der Waals surface area contributed by atoms with E-state index in [1.165, 1.54) is 16.7 Å². The Labute approximate surface area is 127 Å². The standard InChI is InChI=1S/C18H25NO2/c19-9-4-18-16(14-5-10-20-11-6-14)2-1-3-17(18)15-7-12-21-13-8-15/h1-4,9,14-15H,5-8,10-13,19H2/b9-4+. The van der Waals surface area contributed by atoms with E-state index in [1.807, 2.05) is 0 Å². The van der Waals surface area contributed by atoms with Crippen molar-refractivity contribution in [3.05, 3.63) is 41.1 Å². The maximum atomic E-state index is 5.73. The molecule has 2 fully saturated rings. The normalized spacial score (nSPS) is 21.9. The van der Waals surface area contributed by atoms with Crippen LogP contribution in [0.15, 0.2) is 24.4 Å². The van der Waals surface area contributed by atoms with Crippen LogP contribution < -0.4 is 5.73 Å². The van der Waals surface area contributed by atoms with Gasteiger partial charge in [-0.3, -0.25) is 0 Å². The summed E-state index contributed by atoms with van der Waals surface area (Å²) in [7, 11) is 0. The Hall–Kier alpha value is -1.32. The summed E-state index contributed by atoms with van der Waals surface area (Å²) in [6.45, 7) is 3.49. The van der Waals surface area contributed by atoms with Gasteiger partial charge in [0.1, 0.15) is 0 Å². The van der Waals surface area contributed by atoms with Crippen molar-refractivity contribution in [2.75, 3.05) is 26.4 Å². The summed E-state index contributed by atoms with van der Waals surface area (Å²) >= 11 is 0. The third kappa shape index (κ3) is 3.30. The Bertz CT molecular complexity index is 450. The van der Waals surface area contributed by atoms with Crippen molar-refractivity contribution < 1.29 is 9.47 Å². The molecule has 1 aromatic carbocycles. The molecule has 0 amide bonds.